The summed E-state index contributed by atoms with van der Waals surface area (Å²) in [5.41, 5.74) is 6.99. The SMILES string of the molecule is CCCCN(CCO)CC(=O)Nc1ccc(N)cc1Br. The average molecular weight is 344 g/mol. The molecule has 20 heavy (non-hydrogen) atoms. The lowest BCUT2D eigenvalue weighted by Crippen LogP contribution is -2.36. The van der Waals surface area contributed by atoms with Gasteiger partial charge in [-0.05, 0) is 47.1 Å². The normalized spacial score (nSPS) is 10.8. The summed E-state index contributed by atoms with van der Waals surface area (Å²) in [7, 11) is 0. The van der Waals surface area contributed by atoms with Gasteiger partial charge in [0.2, 0.25) is 5.91 Å². The van der Waals surface area contributed by atoms with Crippen LogP contribution in [0.5, 0.6) is 0 Å². The summed E-state index contributed by atoms with van der Waals surface area (Å²) < 4.78 is 0.758. The van der Waals surface area contributed by atoms with Crippen molar-refractivity contribution in [1.29, 1.82) is 0 Å². The van der Waals surface area contributed by atoms with E-state index in [9.17, 15) is 4.79 Å². The number of anilines is 2. The Balaban J connectivity index is 2.55. The zero-order valence-electron chi connectivity index (χ0n) is 11.7. The van der Waals surface area contributed by atoms with Gasteiger partial charge in [-0.3, -0.25) is 9.69 Å². The minimum atomic E-state index is -0.0972. The first-order valence-electron chi connectivity index (χ1n) is 6.75. The summed E-state index contributed by atoms with van der Waals surface area (Å²) in [5.74, 6) is -0.0972. The van der Waals surface area contributed by atoms with E-state index in [2.05, 4.69) is 28.2 Å². The molecule has 0 radical (unpaired) electrons. The van der Waals surface area contributed by atoms with Crippen LogP contribution in [0.25, 0.3) is 0 Å². The first kappa shape index (κ1) is 16.9. The van der Waals surface area contributed by atoms with E-state index < -0.39 is 0 Å². The number of halogens is 1. The number of unbranched alkanes of at least 4 members (excludes halogenated alkanes) is 1. The summed E-state index contributed by atoms with van der Waals surface area (Å²) >= 11 is 3.37. The van der Waals surface area contributed by atoms with Gasteiger partial charge >= 0.3 is 0 Å². The van der Waals surface area contributed by atoms with E-state index >= 15 is 0 Å². The number of aliphatic hydroxyl groups excluding tert-OH is 1. The van der Waals surface area contributed by atoms with Crippen molar-refractivity contribution in [1.82, 2.24) is 4.90 Å². The average Bonchev–Trinajstić information content (AvgIpc) is 2.39. The van der Waals surface area contributed by atoms with Gasteiger partial charge in [0.15, 0.2) is 0 Å². The Morgan fingerprint density at radius 2 is 2.20 bits per heavy atom. The van der Waals surface area contributed by atoms with Crippen LogP contribution in [0.3, 0.4) is 0 Å². The lowest BCUT2D eigenvalue weighted by atomic mass is 10.2. The summed E-state index contributed by atoms with van der Waals surface area (Å²) in [5, 5.41) is 11.9. The van der Waals surface area contributed by atoms with E-state index in [1.165, 1.54) is 0 Å². The molecule has 1 aromatic rings. The quantitative estimate of drug-likeness (QED) is 0.631. The van der Waals surface area contributed by atoms with Gasteiger partial charge < -0.3 is 16.2 Å². The number of carbonyl (C=O) groups is 1. The third-order valence-electron chi connectivity index (χ3n) is 2.88. The first-order chi connectivity index (χ1) is 9.56. The minimum absolute atomic E-state index is 0.0581. The second-order valence-electron chi connectivity index (χ2n) is 4.64. The highest BCUT2D eigenvalue weighted by Gasteiger charge is 2.11. The molecular formula is C14H22BrN3O2. The molecule has 0 aliphatic heterocycles. The van der Waals surface area contributed by atoms with Crippen LogP contribution in [0.2, 0.25) is 0 Å². The number of rotatable bonds is 8. The van der Waals surface area contributed by atoms with Gasteiger partial charge in [0.1, 0.15) is 0 Å². The van der Waals surface area contributed by atoms with Crippen molar-refractivity contribution in [2.75, 3.05) is 37.3 Å². The summed E-state index contributed by atoms with van der Waals surface area (Å²) in [6, 6.07) is 5.25. The highest BCUT2D eigenvalue weighted by molar-refractivity contribution is 9.10. The van der Waals surface area contributed by atoms with E-state index in [4.69, 9.17) is 10.8 Å². The smallest absolute Gasteiger partial charge is 0.238 e. The summed E-state index contributed by atoms with van der Waals surface area (Å²) in [6.45, 7) is 3.76. The first-order valence-corrected chi connectivity index (χ1v) is 7.54. The van der Waals surface area contributed by atoms with Gasteiger partial charge in [-0.15, -0.1) is 0 Å². The summed E-state index contributed by atoms with van der Waals surface area (Å²) in [6.07, 6.45) is 2.08. The minimum Gasteiger partial charge on any atom is -0.399 e. The number of carbonyl (C=O) groups excluding carboxylic acids is 1. The zero-order valence-corrected chi connectivity index (χ0v) is 13.3. The topological polar surface area (TPSA) is 78.6 Å². The van der Waals surface area contributed by atoms with Crippen molar-refractivity contribution in [2.45, 2.75) is 19.8 Å². The maximum absolute atomic E-state index is 12.0. The Bertz CT molecular complexity index is 440. The van der Waals surface area contributed by atoms with Crippen molar-refractivity contribution in [3.05, 3.63) is 22.7 Å². The van der Waals surface area contributed by atoms with Gasteiger partial charge in [0.25, 0.3) is 0 Å². The molecule has 1 rings (SSSR count). The van der Waals surface area contributed by atoms with Gasteiger partial charge in [0.05, 0.1) is 18.8 Å². The van der Waals surface area contributed by atoms with Crippen LogP contribution in [0.15, 0.2) is 22.7 Å². The van der Waals surface area contributed by atoms with Crippen LogP contribution in [0.4, 0.5) is 11.4 Å². The number of nitrogens with zero attached hydrogens (tertiary/aromatic N) is 1. The molecule has 4 N–H and O–H groups in total. The molecule has 0 heterocycles. The van der Waals surface area contributed by atoms with E-state index in [0.29, 0.717) is 17.9 Å². The molecule has 112 valence electrons. The largest absolute Gasteiger partial charge is 0.399 e. The van der Waals surface area contributed by atoms with Crippen LogP contribution in [-0.4, -0.2) is 42.2 Å². The number of nitrogens with two attached hydrogens (primary N) is 1. The van der Waals surface area contributed by atoms with E-state index in [1.807, 2.05) is 4.90 Å². The standard InChI is InChI=1S/C14H22BrN3O2/c1-2-3-6-18(7-8-19)10-14(20)17-13-5-4-11(16)9-12(13)15/h4-5,9,19H,2-3,6-8,10,16H2,1H3,(H,17,20). The number of hydrogen-bond acceptors (Lipinski definition) is 4. The lowest BCUT2D eigenvalue weighted by molar-refractivity contribution is -0.117. The molecule has 0 saturated carbocycles. The van der Waals surface area contributed by atoms with Gasteiger partial charge in [-0.2, -0.15) is 0 Å². The number of aliphatic hydroxyl groups is 1. The molecule has 0 atom stereocenters. The Morgan fingerprint density at radius 1 is 1.45 bits per heavy atom. The van der Waals surface area contributed by atoms with Crippen LogP contribution in [-0.2, 0) is 4.79 Å². The molecule has 0 bridgehead atoms. The fourth-order valence-electron chi connectivity index (χ4n) is 1.82. The molecule has 1 aromatic carbocycles. The predicted molar refractivity (Wildman–Crippen MR) is 85.6 cm³/mol. The maximum Gasteiger partial charge on any atom is 0.238 e. The highest BCUT2D eigenvalue weighted by Crippen LogP contribution is 2.24. The molecule has 5 nitrogen and oxygen atoms in total. The molecular weight excluding hydrogens is 322 g/mol. The lowest BCUT2D eigenvalue weighted by Gasteiger charge is -2.20. The molecule has 1 amide bonds. The van der Waals surface area contributed by atoms with Gasteiger partial charge in [-0.25, -0.2) is 0 Å². The number of benzene rings is 1. The van der Waals surface area contributed by atoms with E-state index in [1.54, 1.807) is 18.2 Å². The Labute approximate surface area is 128 Å². The molecule has 0 aromatic heterocycles. The third-order valence-corrected chi connectivity index (χ3v) is 3.53. The Morgan fingerprint density at radius 3 is 2.80 bits per heavy atom. The van der Waals surface area contributed by atoms with Crippen LogP contribution >= 0.6 is 15.9 Å². The second kappa shape index (κ2) is 8.94. The maximum atomic E-state index is 12.0. The fraction of sp³-hybridized carbons (Fsp3) is 0.500. The summed E-state index contributed by atoms with van der Waals surface area (Å²) in [4.78, 5) is 14.0. The molecule has 0 aliphatic carbocycles. The van der Waals surface area contributed by atoms with Crippen molar-refractivity contribution in [2.24, 2.45) is 0 Å². The molecule has 0 fully saturated rings. The van der Waals surface area contributed by atoms with E-state index in [-0.39, 0.29) is 19.1 Å². The molecule has 0 saturated heterocycles. The van der Waals surface area contributed by atoms with Gasteiger partial charge in [0, 0.05) is 16.7 Å². The Kier molecular flexibility index (Phi) is 7.58. The van der Waals surface area contributed by atoms with Crippen molar-refractivity contribution in [3.8, 4) is 0 Å². The third kappa shape index (κ3) is 5.90. The van der Waals surface area contributed by atoms with Crippen molar-refractivity contribution >= 4 is 33.2 Å². The number of nitrogens with one attached hydrogen (secondary N) is 1. The predicted octanol–water partition coefficient (Wildman–Crippen LogP) is 2.06. The van der Waals surface area contributed by atoms with E-state index in [0.717, 1.165) is 23.9 Å². The Hall–Kier alpha value is -1.11. The van der Waals surface area contributed by atoms with Crippen LogP contribution in [0, 0.1) is 0 Å². The molecule has 6 heteroatoms. The van der Waals surface area contributed by atoms with Gasteiger partial charge in [-0.1, -0.05) is 13.3 Å². The van der Waals surface area contributed by atoms with Crippen molar-refractivity contribution in [3.63, 3.8) is 0 Å². The monoisotopic (exact) mass is 343 g/mol. The van der Waals surface area contributed by atoms with Crippen LogP contribution in [0.1, 0.15) is 19.8 Å². The number of amides is 1. The molecule has 0 unspecified atom stereocenters. The zero-order chi connectivity index (χ0) is 15.0. The second-order valence-corrected chi connectivity index (χ2v) is 5.50. The van der Waals surface area contributed by atoms with Crippen molar-refractivity contribution < 1.29 is 9.90 Å². The molecule has 0 spiro atoms. The highest BCUT2D eigenvalue weighted by atomic mass is 79.9. The number of hydrogen-bond donors (Lipinski definition) is 3. The number of nitrogen functional groups attached to an aromatic ring is 1. The molecule has 0 aliphatic rings. The fourth-order valence-corrected chi connectivity index (χ4v) is 2.31. The van der Waals surface area contributed by atoms with Crippen LogP contribution < -0.4 is 11.1 Å².